The third kappa shape index (κ3) is 4.28. The number of amidine groups is 1. The van der Waals surface area contributed by atoms with Crippen LogP contribution in [0.15, 0.2) is 58.4 Å². The maximum Gasteiger partial charge on any atom is 0.271 e. The minimum atomic E-state index is -0.267. The predicted molar refractivity (Wildman–Crippen MR) is 105 cm³/mol. The molecular formula is C18H19N5O2S. The highest BCUT2D eigenvalue weighted by Crippen LogP contribution is 2.24. The van der Waals surface area contributed by atoms with Gasteiger partial charge in [-0.2, -0.15) is 0 Å². The van der Waals surface area contributed by atoms with E-state index in [4.69, 9.17) is 10.5 Å². The van der Waals surface area contributed by atoms with Crippen molar-refractivity contribution in [3.8, 4) is 11.6 Å². The Kier molecular flexibility index (Phi) is 5.33. The number of para-hydroxylation sites is 1. The fraction of sp³-hybridized carbons (Fsp3) is 0.167. The Morgan fingerprint density at radius 2 is 2.04 bits per heavy atom. The van der Waals surface area contributed by atoms with E-state index in [1.54, 1.807) is 12.3 Å². The Morgan fingerprint density at radius 3 is 2.69 bits per heavy atom. The lowest BCUT2D eigenvalue weighted by Crippen LogP contribution is -2.23. The first kappa shape index (κ1) is 17.7. The van der Waals surface area contributed by atoms with Crippen LogP contribution in [0.25, 0.3) is 0 Å². The molecule has 4 N–H and O–H groups in total. The molecule has 8 heteroatoms. The summed E-state index contributed by atoms with van der Waals surface area (Å²) in [5, 5.41) is 3.74. The van der Waals surface area contributed by atoms with Crippen LogP contribution < -0.4 is 21.3 Å². The molecule has 0 atom stereocenters. The van der Waals surface area contributed by atoms with Gasteiger partial charge in [-0.1, -0.05) is 18.2 Å². The number of hydrogen-bond donors (Lipinski definition) is 3. The average molecular weight is 369 g/mol. The van der Waals surface area contributed by atoms with Crippen LogP contribution in [0.5, 0.6) is 11.6 Å². The molecule has 0 aliphatic carbocycles. The number of pyridine rings is 1. The number of hydrogen-bond acceptors (Lipinski definition) is 6. The van der Waals surface area contributed by atoms with Gasteiger partial charge in [-0.15, -0.1) is 0 Å². The number of H-pyrrole nitrogens is 1. The Hall–Kier alpha value is -3.13. The fourth-order valence-electron chi connectivity index (χ4n) is 2.22. The number of rotatable bonds is 6. The molecule has 3 aromatic rings. The Bertz CT molecular complexity index is 946. The number of ether oxygens (including phenoxy) is 1. The van der Waals surface area contributed by atoms with E-state index < -0.39 is 0 Å². The number of nitrogens with zero attached hydrogens (tertiary/aromatic N) is 2. The molecule has 7 nitrogen and oxygen atoms in total. The highest BCUT2D eigenvalue weighted by Gasteiger charge is 2.15. The molecule has 3 rings (SSSR count). The van der Waals surface area contributed by atoms with Crippen molar-refractivity contribution in [1.29, 1.82) is 0 Å². The molecule has 0 spiro atoms. The summed E-state index contributed by atoms with van der Waals surface area (Å²) in [6, 6.07) is 13.0. The second-order valence-electron chi connectivity index (χ2n) is 5.77. The number of nitrogens with two attached hydrogens (primary N) is 1. The van der Waals surface area contributed by atoms with Crippen LogP contribution in [0.1, 0.15) is 19.4 Å². The Labute approximate surface area is 154 Å². The highest BCUT2D eigenvalue weighted by atomic mass is 32.1. The van der Waals surface area contributed by atoms with E-state index in [0.717, 1.165) is 11.5 Å². The quantitative estimate of drug-likeness (QED) is 0.456. The van der Waals surface area contributed by atoms with Crippen LogP contribution in [0.4, 0.5) is 10.7 Å². The van der Waals surface area contributed by atoms with Crippen molar-refractivity contribution < 1.29 is 4.74 Å². The molecule has 0 saturated heterocycles. The first-order valence-corrected chi connectivity index (χ1v) is 8.85. The monoisotopic (exact) mass is 369 g/mol. The number of benzene rings is 1. The van der Waals surface area contributed by atoms with E-state index in [1.807, 2.05) is 50.2 Å². The zero-order chi connectivity index (χ0) is 18.5. The number of anilines is 2. The minimum absolute atomic E-state index is 0.00163. The second kappa shape index (κ2) is 7.83. The lowest BCUT2D eigenvalue weighted by atomic mass is 10.3. The molecule has 1 aromatic carbocycles. The standard InChI is InChI=1S/C18H19N5O2S/c1-11(2)21-16(19)15-17(24)23-26-18(15)22-12-8-9-14(20-10-12)25-13-6-4-3-5-7-13/h3-11,22H,1-2H3,(H2,19,21)(H,23,24). The van der Waals surface area contributed by atoms with Crippen molar-refractivity contribution in [3.05, 3.63) is 64.6 Å². The van der Waals surface area contributed by atoms with Crippen LogP contribution in [-0.2, 0) is 0 Å². The minimum Gasteiger partial charge on any atom is -0.439 e. The summed E-state index contributed by atoms with van der Waals surface area (Å²) in [6.07, 6.45) is 1.63. The van der Waals surface area contributed by atoms with Gasteiger partial charge in [-0.05, 0) is 43.6 Å². The zero-order valence-corrected chi connectivity index (χ0v) is 15.2. The smallest absolute Gasteiger partial charge is 0.271 e. The SMILES string of the molecule is CC(C)N=C(N)c1c(Nc2ccc(Oc3ccccc3)nc2)s[nH]c1=O. The van der Waals surface area contributed by atoms with Crippen LogP contribution in [0.2, 0.25) is 0 Å². The molecule has 2 aromatic heterocycles. The molecule has 0 unspecified atom stereocenters. The number of aromatic amines is 1. The number of aromatic nitrogens is 2. The van der Waals surface area contributed by atoms with Crippen LogP contribution >= 0.6 is 11.5 Å². The molecule has 0 saturated carbocycles. The van der Waals surface area contributed by atoms with Gasteiger partial charge in [0.15, 0.2) is 0 Å². The van der Waals surface area contributed by atoms with Gasteiger partial charge in [-0.3, -0.25) is 14.2 Å². The van der Waals surface area contributed by atoms with Crippen molar-refractivity contribution in [3.63, 3.8) is 0 Å². The molecule has 2 heterocycles. The lowest BCUT2D eigenvalue weighted by Gasteiger charge is -2.08. The van der Waals surface area contributed by atoms with E-state index in [-0.39, 0.29) is 17.4 Å². The normalized spacial score (nSPS) is 11.6. The molecule has 0 fully saturated rings. The van der Waals surface area contributed by atoms with Crippen LogP contribution in [-0.4, -0.2) is 21.2 Å². The highest BCUT2D eigenvalue weighted by molar-refractivity contribution is 7.10. The Balaban J connectivity index is 1.77. The summed E-state index contributed by atoms with van der Waals surface area (Å²) >= 11 is 1.16. The van der Waals surface area contributed by atoms with Crippen molar-refractivity contribution in [2.24, 2.45) is 10.7 Å². The van der Waals surface area contributed by atoms with Gasteiger partial charge in [-0.25, -0.2) is 4.98 Å². The fourth-order valence-corrected chi connectivity index (χ4v) is 2.99. The van der Waals surface area contributed by atoms with Crippen LogP contribution in [0, 0.1) is 0 Å². The third-order valence-corrected chi connectivity index (χ3v) is 4.11. The van der Waals surface area contributed by atoms with E-state index in [2.05, 4.69) is 19.7 Å². The van der Waals surface area contributed by atoms with Gasteiger partial charge >= 0.3 is 0 Å². The Morgan fingerprint density at radius 1 is 1.27 bits per heavy atom. The molecule has 0 amide bonds. The lowest BCUT2D eigenvalue weighted by molar-refractivity contribution is 0.463. The van der Waals surface area contributed by atoms with E-state index in [1.165, 1.54) is 0 Å². The van der Waals surface area contributed by atoms with Gasteiger partial charge in [0, 0.05) is 12.1 Å². The molecule has 134 valence electrons. The summed E-state index contributed by atoms with van der Waals surface area (Å²) in [6.45, 7) is 3.80. The maximum absolute atomic E-state index is 12.0. The van der Waals surface area contributed by atoms with E-state index in [0.29, 0.717) is 27.9 Å². The number of nitrogens with one attached hydrogen (secondary N) is 2. The summed E-state index contributed by atoms with van der Waals surface area (Å²) < 4.78 is 8.34. The molecule has 0 aliphatic rings. The summed E-state index contributed by atoms with van der Waals surface area (Å²) in [4.78, 5) is 20.5. The van der Waals surface area contributed by atoms with Crippen molar-refractivity contribution in [2.45, 2.75) is 19.9 Å². The zero-order valence-electron chi connectivity index (χ0n) is 14.4. The van der Waals surface area contributed by atoms with Crippen molar-refractivity contribution in [2.75, 3.05) is 5.32 Å². The predicted octanol–water partition coefficient (Wildman–Crippen LogP) is 3.48. The first-order valence-electron chi connectivity index (χ1n) is 8.04. The van der Waals surface area contributed by atoms with Crippen LogP contribution in [0.3, 0.4) is 0 Å². The second-order valence-corrected chi connectivity index (χ2v) is 6.59. The topological polar surface area (TPSA) is 105 Å². The molecule has 26 heavy (non-hydrogen) atoms. The summed E-state index contributed by atoms with van der Waals surface area (Å²) in [7, 11) is 0. The molecule has 0 aliphatic heterocycles. The summed E-state index contributed by atoms with van der Waals surface area (Å²) in [5.41, 5.74) is 6.75. The molecule has 0 bridgehead atoms. The van der Waals surface area contributed by atoms with Gasteiger partial charge < -0.3 is 15.8 Å². The van der Waals surface area contributed by atoms with Gasteiger partial charge in [0.05, 0.1) is 11.9 Å². The largest absolute Gasteiger partial charge is 0.439 e. The van der Waals surface area contributed by atoms with E-state index in [9.17, 15) is 4.79 Å². The van der Waals surface area contributed by atoms with Gasteiger partial charge in [0.2, 0.25) is 5.88 Å². The maximum atomic E-state index is 12.0. The van der Waals surface area contributed by atoms with Crippen molar-refractivity contribution in [1.82, 2.24) is 9.36 Å². The molecular weight excluding hydrogens is 350 g/mol. The van der Waals surface area contributed by atoms with E-state index >= 15 is 0 Å². The first-order chi connectivity index (χ1) is 12.5. The molecule has 0 radical (unpaired) electrons. The third-order valence-electron chi connectivity index (χ3n) is 3.31. The van der Waals surface area contributed by atoms with Crippen molar-refractivity contribution >= 4 is 28.1 Å². The average Bonchev–Trinajstić information content (AvgIpc) is 2.97. The summed E-state index contributed by atoms with van der Waals surface area (Å²) in [5.74, 6) is 1.40. The van der Waals surface area contributed by atoms with Gasteiger partial charge in [0.25, 0.3) is 5.56 Å². The van der Waals surface area contributed by atoms with Gasteiger partial charge in [0.1, 0.15) is 22.1 Å². The number of aliphatic imine (C=N–C) groups is 1.